The average Bonchev–Trinajstić information content (AvgIpc) is 2.36. The summed E-state index contributed by atoms with van der Waals surface area (Å²) in [5, 5.41) is 2.22. The molecule has 0 saturated heterocycles. The molecule has 0 heterocycles. The Hall–Kier alpha value is -0.0800. The van der Waals surface area contributed by atoms with E-state index in [4.69, 9.17) is 0 Å². The molecule has 0 aromatic carbocycles. The molecule has 1 N–H and O–H groups in total. The number of nitrogens with one attached hydrogen (secondary N) is 1. The van der Waals surface area contributed by atoms with Gasteiger partial charge in [-0.05, 0) is 12.8 Å². The van der Waals surface area contributed by atoms with Crippen molar-refractivity contribution in [2.45, 2.75) is 84.5 Å². The van der Waals surface area contributed by atoms with E-state index >= 15 is 0 Å². The number of hydrazine groups is 1. The van der Waals surface area contributed by atoms with Gasteiger partial charge in [0, 0.05) is 20.1 Å². The second-order valence-electron chi connectivity index (χ2n) is 5.51. The number of hydrogen-bond acceptors (Lipinski definition) is 2. The zero-order valence-electron chi connectivity index (χ0n) is 13.1. The fraction of sp³-hybridized carbons (Fsp3) is 1.00. The van der Waals surface area contributed by atoms with Gasteiger partial charge in [0.05, 0.1) is 0 Å². The molecule has 0 unspecified atom stereocenters. The SMILES string of the molecule is CCCCCCCCCCCCNN(C)CCC. The highest BCUT2D eigenvalue weighted by molar-refractivity contribution is 4.49. The van der Waals surface area contributed by atoms with E-state index in [1.54, 1.807) is 0 Å². The molecule has 0 fully saturated rings. The Bertz CT molecular complexity index is 148. The number of hydrogen-bond donors (Lipinski definition) is 1. The van der Waals surface area contributed by atoms with Gasteiger partial charge in [0.15, 0.2) is 0 Å². The van der Waals surface area contributed by atoms with Crippen LogP contribution in [0.4, 0.5) is 0 Å². The van der Waals surface area contributed by atoms with Gasteiger partial charge < -0.3 is 0 Å². The quantitative estimate of drug-likeness (QED) is 0.356. The van der Waals surface area contributed by atoms with Crippen molar-refractivity contribution in [2.24, 2.45) is 0 Å². The Labute approximate surface area is 115 Å². The average molecular weight is 256 g/mol. The van der Waals surface area contributed by atoms with Crippen LogP contribution in [-0.4, -0.2) is 25.1 Å². The van der Waals surface area contributed by atoms with Crippen molar-refractivity contribution in [2.75, 3.05) is 20.1 Å². The first-order valence-electron chi connectivity index (χ1n) is 8.25. The summed E-state index contributed by atoms with van der Waals surface area (Å²) in [4.78, 5) is 0. The molecule has 0 aromatic heterocycles. The molecular weight excluding hydrogens is 220 g/mol. The van der Waals surface area contributed by atoms with Crippen LogP contribution in [0.2, 0.25) is 0 Å². The second-order valence-corrected chi connectivity index (χ2v) is 5.51. The van der Waals surface area contributed by atoms with Gasteiger partial charge >= 0.3 is 0 Å². The fourth-order valence-electron chi connectivity index (χ4n) is 2.30. The highest BCUT2D eigenvalue weighted by Crippen LogP contribution is 2.10. The largest absolute Gasteiger partial charge is 0.255 e. The van der Waals surface area contributed by atoms with Gasteiger partial charge in [-0.15, -0.1) is 0 Å². The fourth-order valence-corrected chi connectivity index (χ4v) is 2.30. The molecule has 2 nitrogen and oxygen atoms in total. The lowest BCUT2D eigenvalue weighted by Crippen LogP contribution is -2.35. The van der Waals surface area contributed by atoms with Crippen molar-refractivity contribution in [3.8, 4) is 0 Å². The van der Waals surface area contributed by atoms with E-state index in [1.165, 1.54) is 70.6 Å². The first-order valence-corrected chi connectivity index (χ1v) is 8.25. The Morgan fingerprint density at radius 2 is 1.17 bits per heavy atom. The van der Waals surface area contributed by atoms with Crippen molar-refractivity contribution in [1.29, 1.82) is 0 Å². The molecule has 0 spiro atoms. The van der Waals surface area contributed by atoms with Gasteiger partial charge in [0.2, 0.25) is 0 Å². The summed E-state index contributed by atoms with van der Waals surface area (Å²) in [5.41, 5.74) is 3.44. The van der Waals surface area contributed by atoms with Crippen molar-refractivity contribution < 1.29 is 0 Å². The number of unbranched alkanes of at least 4 members (excludes halogenated alkanes) is 9. The Balaban J connectivity index is 2.98. The third-order valence-corrected chi connectivity index (χ3v) is 3.47. The maximum atomic E-state index is 3.44. The summed E-state index contributed by atoms with van der Waals surface area (Å²) in [6.07, 6.45) is 15.4. The molecule has 0 amide bonds. The van der Waals surface area contributed by atoms with E-state index in [0.29, 0.717) is 0 Å². The molecule has 0 saturated carbocycles. The van der Waals surface area contributed by atoms with E-state index in [-0.39, 0.29) is 0 Å². The lowest BCUT2D eigenvalue weighted by Gasteiger charge is -2.16. The maximum absolute atomic E-state index is 3.44. The number of rotatable bonds is 14. The summed E-state index contributed by atoms with van der Waals surface area (Å²) >= 11 is 0. The van der Waals surface area contributed by atoms with Crippen LogP contribution in [0.25, 0.3) is 0 Å². The molecule has 0 atom stereocenters. The van der Waals surface area contributed by atoms with E-state index in [9.17, 15) is 0 Å². The molecule has 0 aromatic rings. The summed E-state index contributed by atoms with van der Waals surface area (Å²) in [6.45, 7) is 6.80. The highest BCUT2D eigenvalue weighted by Gasteiger charge is 1.95. The van der Waals surface area contributed by atoms with E-state index < -0.39 is 0 Å². The van der Waals surface area contributed by atoms with Crippen LogP contribution in [0.15, 0.2) is 0 Å². The molecule has 0 aliphatic heterocycles. The van der Waals surface area contributed by atoms with Gasteiger partial charge in [-0.2, -0.15) is 0 Å². The van der Waals surface area contributed by atoms with Gasteiger partial charge in [0.1, 0.15) is 0 Å². The Morgan fingerprint density at radius 3 is 1.67 bits per heavy atom. The Kier molecular flexibility index (Phi) is 14.9. The van der Waals surface area contributed by atoms with Crippen molar-refractivity contribution in [1.82, 2.24) is 10.4 Å². The van der Waals surface area contributed by atoms with Crippen LogP contribution in [0.1, 0.15) is 84.5 Å². The molecule has 2 heteroatoms. The summed E-state index contributed by atoms with van der Waals surface area (Å²) in [7, 11) is 2.14. The third kappa shape index (κ3) is 14.0. The van der Waals surface area contributed by atoms with Gasteiger partial charge in [-0.25, -0.2) is 5.01 Å². The first-order chi connectivity index (χ1) is 8.81. The molecule has 0 aliphatic carbocycles. The van der Waals surface area contributed by atoms with Crippen molar-refractivity contribution >= 4 is 0 Å². The van der Waals surface area contributed by atoms with Crippen LogP contribution in [-0.2, 0) is 0 Å². The van der Waals surface area contributed by atoms with Crippen LogP contribution >= 0.6 is 0 Å². The van der Waals surface area contributed by atoms with Crippen LogP contribution < -0.4 is 5.43 Å². The molecule has 0 bridgehead atoms. The van der Waals surface area contributed by atoms with Crippen LogP contribution in [0.5, 0.6) is 0 Å². The standard InChI is InChI=1S/C16H36N2/c1-4-6-7-8-9-10-11-12-13-14-15-17-18(3)16-5-2/h17H,4-16H2,1-3H3. The third-order valence-electron chi connectivity index (χ3n) is 3.47. The lowest BCUT2D eigenvalue weighted by molar-refractivity contribution is 0.233. The molecular formula is C16H36N2. The predicted molar refractivity (Wildman–Crippen MR) is 82.8 cm³/mol. The second kappa shape index (κ2) is 15.0. The maximum Gasteiger partial charge on any atom is 0.0125 e. The first kappa shape index (κ1) is 17.9. The van der Waals surface area contributed by atoms with Crippen molar-refractivity contribution in [3.63, 3.8) is 0 Å². The zero-order chi connectivity index (χ0) is 13.5. The normalized spacial score (nSPS) is 11.3. The molecule has 0 rings (SSSR count). The molecule has 0 aliphatic rings. The molecule has 18 heavy (non-hydrogen) atoms. The zero-order valence-corrected chi connectivity index (χ0v) is 13.1. The molecule has 110 valence electrons. The minimum absolute atomic E-state index is 1.15. The lowest BCUT2D eigenvalue weighted by atomic mass is 10.1. The van der Waals surface area contributed by atoms with Gasteiger partial charge in [-0.1, -0.05) is 71.6 Å². The minimum Gasteiger partial charge on any atom is -0.255 e. The van der Waals surface area contributed by atoms with E-state index in [2.05, 4.69) is 31.3 Å². The van der Waals surface area contributed by atoms with Crippen LogP contribution in [0.3, 0.4) is 0 Å². The minimum atomic E-state index is 1.15. The van der Waals surface area contributed by atoms with Crippen LogP contribution in [0, 0.1) is 0 Å². The van der Waals surface area contributed by atoms with Gasteiger partial charge in [0.25, 0.3) is 0 Å². The highest BCUT2D eigenvalue weighted by atomic mass is 15.5. The smallest absolute Gasteiger partial charge is 0.0125 e. The topological polar surface area (TPSA) is 15.3 Å². The Morgan fingerprint density at radius 1 is 0.667 bits per heavy atom. The summed E-state index contributed by atoms with van der Waals surface area (Å²) in [5.74, 6) is 0. The monoisotopic (exact) mass is 256 g/mol. The molecule has 0 radical (unpaired) electrons. The predicted octanol–water partition coefficient (Wildman–Crippen LogP) is 4.75. The summed E-state index contributed by atoms with van der Waals surface area (Å²) in [6, 6.07) is 0. The van der Waals surface area contributed by atoms with E-state index in [1.807, 2.05) is 0 Å². The summed E-state index contributed by atoms with van der Waals surface area (Å²) < 4.78 is 0. The van der Waals surface area contributed by atoms with E-state index in [0.717, 1.165) is 13.1 Å². The number of nitrogens with zero attached hydrogens (tertiary/aromatic N) is 1. The van der Waals surface area contributed by atoms with Gasteiger partial charge in [-0.3, -0.25) is 5.43 Å². The van der Waals surface area contributed by atoms with Crippen molar-refractivity contribution in [3.05, 3.63) is 0 Å².